The van der Waals surface area contributed by atoms with Crippen LogP contribution >= 0.6 is 0 Å². The zero-order chi connectivity index (χ0) is 23.8. The highest BCUT2D eigenvalue weighted by Gasteiger charge is 2.09. The number of hydrogen-bond donors (Lipinski definition) is 2. The molecule has 0 atom stereocenters. The standard InChI is InChI=1S/C29H26N2O3/c1-30-26-7-4-8-27(19-26)31-20-22-10-12-24(13-14-29(32)33)28(18-22)34-16-15-21-9-11-23-5-2-3-6-25(23)17-21/h2-12,17-19,31H,13-16,20H2,(H,32,33). The number of ether oxygens (including phenoxy) is 1. The van der Waals surface area contributed by atoms with E-state index in [1.165, 1.54) is 16.3 Å². The summed E-state index contributed by atoms with van der Waals surface area (Å²) in [7, 11) is 0. The topological polar surface area (TPSA) is 62.9 Å². The number of nitrogens with zero attached hydrogens (tertiary/aromatic N) is 1. The maximum atomic E-state index is 11.1. The average Bonchev–Trinajstić information content (AvgIpc) is 2.87. The molecule has 0 unspecified atom stereocenters. The molecular weight excluding hydrogens is 424 g/mol. The monoisotopic (exact) mass is 450 g/mol. The first-order chi connectivity index (χ1) is 16.6. The third-order valence-electron chi connectivity index (χ3n) is 5.67. The van der Waals surface area contributed by atoms with Crippen LogP contribution < -0.4 is 10.1 Å². The summed E-state index contributed by atoms with van der Waals surface area (Å²) in [5, 5.41) is 14.9. The molecule has 0 aliphatic carbocycles. The highest BCUT2D eigenvalue weighted by molar-refractivity contribution is 5.83. The van der Waals surface area contributed by atoms with Gasteiger partial charge in [0.25, 0.3) is 0 Å². The number of carbonyl (C=O) groups is 1. The van der Waals surface area contributed by atoms with Gasteiger partial charge in [0.05, 0.1) is 13.2 Å². The van der Waals surface area contributed by atoms with Crippen molar-refractivity contribution in [1.82, 2.24) is 0 Å². The van der Waals surface area contributed by atoms with Crippen molar-refractivity contribution in [3.63, 3.8) is 0 Å². The van der Waals surface area contributed by atoms with Crippen LogP contribution in [0.25, 0.3) is 15.6 Å². The molecule has 0 heterocycles. The minimum atomic E-state index is -0.826. The Labute approximate surface area is 199 Å². The zero-order valence-corrected chi connectivity index (χ0v) is 18.8. The number of anilines is 1. The normalized spacial score (nSPS) is 10.6. The van der Waals surface area contributed by atoms with Gasteiger partial charge in [0.2, 0.25) is 0 Å². The van der Waals surface area contributed by atoms with Gasteiger partial charge in [-0.3, -0.25) is 4.79 Å². The molecule has 0 radical (unpaired) electrons. The second-order valence-electron chi connectivity index (χ2n) is 8.13. The summed E-state index contributed by atoms with van der Waals surface area (Å²) in [6.45, 7) is 8.24. The van der Waals surface area contributed by atoms with Crippen LogP contribution in [-0.2, 0) is 24.2 Å². The van der Waals surface area contributed by atoms with Gasteiger partial charge in [0.1, 0.15) is 5.75 Å². The lowest BCUT2D eigenvalue weighted by atomic mass is 10.0. The molecule has 0 saturated carbocycles. The van der Waals surface area contributed by atoms with Crippen LogP contribution in [0, 0.1) is 6.57 Å². The van der Waals surface area contributed by atoms with Crippen molar-refractivity contribution in [1.29, 1.82) is 0 Å². The van der Waals surface area contributed by atoms with Crippen molar-refractivity contribution in [3.05, 3.63) is 113 Å². The van der Waals surface area contributed by atoms with Gasteiger partial charge >= 0.3 is 5.97 Å². The predicted molar refractivity (Wildman–Crippen MR) is 136 cm³/mol. The average molecular weight is 451 g/mol. The van der Waals surface area contributed by atoms with Crippen molar-refractivity contribution in [2.45, 2.75) is 25.8 Å². The van der Waals surface area contributed by atoms with Gasteiger partial charge in [-0.1, -0.05) is 66.7 Å². The van der Waals surface area contributed by atoms with Crippen molar-refractivity contribution in [3.8, 4) is 5.75 Å². The molecule has 5 heteroatoms. The van der Waals surface area contributed by atoms with E-state index in [4.69, 9.17) is 16.4 Å². The number of aryl methyl sites for hydroxylation is 1. The Bertz CT molecular complexity index is 1340. The first-order valence-electron chi connectivity index (χ1n) is 11.3. The summed E-state index contributed by atoms with van der Waals surface area (Å²) in [6.07, 6.45) is 1.23. The van der Waals surface area contributed by atoms with Gasteiger partial charge < -0.3 is 15.2 Å². The molecule has 0 spiro atoms. The molecular formula is C29H26N2O3. The lowest BCUT2D eigenvalue weighted by Crippen LogP contribution is -2.07. The van der Waals surface area contributed by atoms with Gasteiger partial charge in [0, 0.05) is 25.1 Å². The van der Waals surface area contributed by atoms with Crippen LogP contribution in [0.2, 0.25) is 0 Å². The maximum Gasteiger partial charge on any atom is 0.303 e. The van der Waals surface area contributed by atoms with E-state index in [2.05, 4.69) is 40.5 Å². The second-order valence-corrected chi connectivity index (χ2v) is 8.13. The number of nitrogens with one attached hydrogen (secondary N) is 1. The summed E-state index contributed by atoms with van der Waals surface area (Å²) in [6, 6.07) is 28.0. The van der Waals surface area contributed by atoms with E-state index in [0.717, 1.165) is 29.0 Å². The second kappa shape index (κ2) is 11.0. The van der Waals surface area contributed by atoms with Gasteiger partial charge in [0.15, 0.2) is 5.69 Å². The Hall–Kier alpha value is -4.30. The molecule has 0 fully saturated rings. The number of fused-ring (bicyclic) bond motifs is 1. The quantitative estimate of drug-likeness (QED) is 0.266. The van der Waals surface area contributed by atoms with Crippen molar-refractivity contribution in [2.75, 3.05) is 11.9 Å². The molecule has 0 aromatic heterocycles. The molecule has 0 amide bonds. The maximum absolute atomic E-state index is 11.1. The molecule has 0 saturated heterocycles. The van der Waals surface area contributed by atoms with E-state index in [1.54, 1.807) is 6.07 Å². The zero-order valence-electron chi connectivity index (χ0n) is 18.8. The summed E-state index contributed by atoms with van der Waals surface area (Å²) in [5.74, 6) is -0.108. The lowest BCUT2D eigenvalue weighted by molar-refractivity contribution is -0.136. The van der Waals surface area contributed by atoms with Gasteiger partial charge in [-0.2, -0.15) is 0 Å². The molecule has 34 heavy (non-hydrogen) atoms. The van der Waals surface area contributed by atoms with Crippen molar-refractivity contribution >= 4 is 28.1 Å². The van der Waals surface area contributed by atoms with E-state index in [1.807, 2.05) is 48.5 Å². The summed E-state index contributed by atoms with van der Waals surface area (Å²) >= 11 is 0. The summed E-state index contributed by atoms with van der Waals surface area (Å²) in [5.41, 5.74) is 4.57. The fraction of sp³-hybridized carbons (Fsp3) is 0.172. The minimum absolute atomic E-state index is 0.0576. The number of carboxylic acid groups (broad SMARTS) is 1. The fourth-order valence-electron chi connectivity index (χ4n) is 3.85. The highest BCUT2D eigenvalue weighted by atomic mass is 16.5. The fourth-order valence-corrected chi connectivity index (χ4v) is 3.85. The molecule has 2 N–H and O–H groups in total. The van der Waals surface area contributed by atoms with Gasteiger partial charge in [-0.05, 0) is 52.1 Å². The third-order valence-corrected chi connectivity index (χ3v) is 5.67. The smallest absolute Gasteiger partial charge is 0.303 e. The van der Waals surface area contributed by atoms with E-state index in [-0.39, 0.29) is 6.42 Å². The highest BCUT2D eigenvalue weighted by Crippen LogP contribution is 2.25. The van der Waals surface area contributed by atoms with E-state index < -0.39 is 5.97 Å². The number of rotatable bonds is 10. The van der Waals surface area contributed by atoms with Crippen LogP contribution in [0.4, 0.5) is 11.4 Å². The largest absolute Gasteiger partial charge is 0.493 e. The summed E-state index contributed by atoms with van der Waals surface area (Å²) in [4.78, 5) is 14.6. The first-order valence-corrected chi connectivity index (χ1v) is 11.3. The Balaban J connectivity index is 1.44. The van der Waals surface area contributed by atoms with Crippen LogP contribution in [0.1, 0.15) is 23.1 Å². The number of hydrogen-bond acceptors (Lipinski definition) is 3. The molecule has 4 aromatic rings. The SMILES string of the molecule is [C-]#[N+]c1cccc(NCc2ccc(CCC(=O)O)c(OCCc3ccc4ccccc4c3)c2)c1. The first kappa shape index (κ1) is 22.9. The summed E-state index contributed by atoms with van der Waals surface area (Å²) < 4.78 is 6.15. The van der Waals surface area contributed by atoms with Crippen LogP contribution in [0.5, 0.6) is 5.75 Å². The Morgan fingerprint density at radius 2 is 1.71 bits per heavy atom. The molecule has 0 aliphatic rings. The number of aliphatic carboxylic acids is 1. The van der Waals surface area contributed by atoms with Crippen molar-refractivity contribution < 1.29 is 14.6 Å². The molecule has 170 valence electrons. The lowest BCUT2D eigenvalue weighted by Gasteiger charge is -2.14. The minimum Gasteiger partial charge on any atom is -0.493 e. The molecule has 0 aliphatic heterocycles. The predicted octanol–water partition coefficient (Wildman–Crippen LogP) is 6.64. The van der Waals surface area contributed by atoms with E-state index in [0.29, 0.717) is 25.3 Å². The molecule has 4 rings (SSSR count). The van der Waals surface area contributed by atoms with Crippen LogP contribution in [-0.4, -0.2) is 17.7 Å². The van der Waals surface area contributed by atoms with Gasteiger partial charge in [-0.15, -0.1) is 0 Å². The number of benzene rings is 4. The molecule has 4 aromatic carbocycles. The Kier molecular flexibility index (Phi) is 7.42. The van der Waals surface area contributed by atoms with Gasteiger partial charge in [-0.25, -0.2) is 4.85 Å². The Morgan fingerprint density at radius 1 is 0.882 bits per heavy atom. The van der Waals surface area contributed by atoms with Crippen molar-refractivity contribution in [2.24, 2.45) is 0 Å². The van der Waals surface area contributed by atoms with Crippen LogP contribution in [0.3, 0.4) is 0 Å². The third kappa shape index (κ3) is 6.14. The Morgan fingerprint density at radius 3 is 2.53 bits per heavy atom. The van der Waals surface area contributed by atoms with E-state index >= 15 is 0 Å². The van der Waals surface area contributed by atoms with E-state index in [9.17, 15) is 4.79 Å². The number of carboxylic acids is 1. The molecule has 5 nitrogen and oxygen atoms in total. The molecule has 0 bridgehead atoms. The van der Waals surface area contributed by atoms with Crippen LogP contribution in [0.15, 0.2) is 84.9 Å².